The molecule has 0 aliphatic carbocycles. The number of anilines is 2. The zero-order chi connectivity index (χ0) is 18.6. The molecule has 126 valence electrons. The molecule has 8 heteroatoms. The Hall–Kier alpha value is -3.94. The molecule has 0 atom stereocenters. The number of nitrogens with one attached hydrogen (secondary N) is 2. The molecule has 0 saturated carbocycles. The van der Waals surface area contributed by atoms with Crippen LogP contribution in [0.5, 0.6) is 0 Å². The number of hydrogen-bond acceptors (Lipinski definition) is 6. The van der Waals surface area contributed by atoms with Gasteiger partial charge in [0.15, 0.2) is 0 Å². The predicted octanol–water partition coefficient (Wildman–Crippen LogP) is 1.02. The third kappa shape index (κ3) is 2.02. The van der Waals surface area contributed by atoms with Gasteiger partial charge in [0.05, 0.1) is 22.5 Å². The van der Waals surface area contributed by atoms with Crippen LogP contribution in [0.4, 0.5) is 11.4 Å². The third-order valence-electron chi connectivity index (χ3n) is 4.19. The first-order chi connectivity index (χ1) is 12.4. The lowest BCUT2D eigenvalue weighted by atomic mass is 9.92. The molecule has 2 N–H and O–H groups in total. The summed E-state index contributed by atoms with van der Waals surface area (Å²) in [7, 11) is 0. The topological polar surface area (TPSA) is 126 Å². The van der Waals surface area contributed by atoms with Crippen molar-refractivity contribution in [1.29, 1.82) is 0 Å². The highest BCUT2D eigenvalue weighted by Gasteiger charge is 2.37. The van der Waals surface area contributed by atoms with E-state index < -0.39 is 34.9 Å². The molecule has 0 aromatic heterocycles. The number of Topliss-reactive ketones (excluding diaryl/α,β-unsaturated/α-hetero) is 4. The van der Waals surface area contributed by atoms with Crippen LogP contribution in [0.1, 0.15) is 41.4 Å². The molecule has 0 radical (unpaired) electrons. The molecule has 4 rings (SSSR count). The lowest BCUT2D eigenvalue weighted by Gasteiger charge is -2.07. The molecule has 2 aliphatic rings. The van der Waals surface area contributed by atoms with E-state index in [0.29, 0.717) is 0 Å². The molecule has 0 unspecified atom stereocenters. The Morgan fingerprint density at radius 1 is 0.615 bits per heavy atom. The van der Waals surface area contributed by atoms with Gasteiger partial charge >= 0.3 is 0 Å². The molecule has 2 aromatic carbocycles. The second-order valence-electron chi connectivity index (χ2n) is 5.68. The minimum absolute atomic E-state index is 0.143. The van der Waals surface area contributed by atoms with Gasteiger partial charge < -0.3 is 10.6 Å². The fourth-order valence-electron chi connectivity index (χ4n) is 3.01. The average molecular weight is 348 g/mol. The summed E-state index contributed by atoms with van der Waals surface area (Å²) in [6, 6.07) is 8.22. The maximum Gasteiger partial charge on any atom is 0.296 e. The van der Waals surface area contributed by atoms with E-state index in [2.05, 4.69) is 10.6 Å². The van der Waals surface area contributed by atoms with Crippen molar-refractivity contribution in [2.45, 2.75) is 0 Å². The Morgan fingerprint density at radius 2 is 1.00 bits per heavy atom. The average Bonchev–Trinajstić information content (AvgIpc) is 3.09. The second-order valence-corrected chi connectivity index (χ2v) is 5.68. The van der Waals surface area contributed by atoms with Gasteiger partial charge in [-0.1, -0.05) is 24.3 Å². The lowest BCUT2D eigenvalue weighted by molar-refractivity contribution is -0.112. The van der Waals surface area contributed by atoms with Crippen LogP contribution in [-0.2, 0) is 9.59 Å². The Bertz CT molecular complexity index is 1010. The summed E-state index contributed by atoms with van der Waals surface area (Å²) in [5.74, 6) is -5.71. The number of benzene rings is 2. The lowest BCUT2D eigenvalue weighted by Crippen LogP contribution is -2.21. The number of rotatable bonds is 3. The van der Waals surface area contributed by atoms with Crippen LogP contribution in [0.3, 0.4) is 0 Å². The number of fused-ring (bicyclic) bond motifs is 2. The number of carbonyl (C=O) groups is 6. The summed E-state index contributed by atoms with van der Waals surface area (Å²) in [5.41, 5.74) is -0.543. The van der Waals surface area contributed by atoms with Gasteiger partial charge in [0.1, 0.15) is 0 Å². The van der Waals surface area contributed by atoms with E-state index >= 15 is 0 Å². The van der Waals surface area contributed by atoms with Crippen LogP contribution in [0.25, 0.3) is 0 Å². The predicted molar refractivity (Wildman–Crippen MR) is 87.5 cm³/mol. The van der Waals surface area contributed by atoms with Crippen LogP contribution >= 0.6 is 0 Å². The van der Waals surface area contributed by atoms with Crippen molar-refractivity contribution in [2.75, 3.05) is 10.6 Å². The Balaban J connectivity index is 1.81. The Labute approximate surface area is 145 Å². The van der Waals surface area contributed by atoms with Crippen molar-refractivity contribution in [3.05, 3.63) is 58.7 Å². The first-order valence-electron chi connectivity index (χ1n) is 7.46. The molecule has 0 fully saturated rings. The van der Waals surface area contributed by atoms with Crippen molar-refractivity contribution in [3.8, 4) is 0 Å². The first-order valence-corrected chi connectivity index (χ1v) is 7.46. The molecular weight excluding hydrogens is 340 g/mol. The van der Waals surface area contributed by atoms with Crippen molar-refractivity contribution in [1.82, 2.24) is 0 Å². The minimum atomic E-state index is -1.05. The van der Waals surface area contributed by atoms with E-state index in [1.54, 1.807) is 0 Å². The van der Waals surface area contributed by atoms with Gasteiger partial charge in [-0.2, -0.15) is 0 Å². The van der Waals surface area contributed by atoms with E-state index in [4.69, 9.17) is 0 Å². The molecule has 2 amide bonds. The largest absolute Gasteiger partial charge is 0.318 e. The van der Waals surface area contributed by atoms with Crippen molar-refractivity contribution in [2.24, 2.45) is 0 Å². The maximum atomic E-state index is 12.7. The van der Waals surface area contributed by atoms with Gasteiger partial charge in [0, 0.05) is 11.1 Å². The van der Waals surface area contributed by atoms with Gasteiger partial charge in [-0.3, -0.25) is 28.8 Å². The normalized spacial score (nSPS) is 14.6. The van der Waals surface area contributed by atoms with Gasteiger partial charge in [-0.05, 0) is 12.1 Å². The zero-order valence-electron chi connectivity index (χ0n) is 12.9. The van der Waals surface area contributed by atoms with E-state index in [0.717, 1.165) is 0 Å². The molecule has 2 aliphatic heterocycles. The van der Waals surface area contributed by atoms with Gasteiger partial charge in [0.2, 0.25) is 11.6 Å². The SMILES string of the molecule is O=C1Nc2cccc(C(=O)C(=O)c3cccc4c3C(=O)C(=O)N4)c2C1=O. The summed E-state index contributed by atoms with van der Waals surface area (Å²) in [6.07, 6.45) is 0. The fraction of sp³-hybridized carbons (Fsp3) is 0. The summed E-state index contributed by atoms with van der Waals surface area (Å²) in [5, 5.41) is 4.63. The maximum absolute atomic E-state index is 12.7. The van der Waals surface area contributed by atoms with Crippen LogP contribution in [0, 0.1) is 0 Å². The van der Waals surface area contributed by atoms with Gasteiger partial charge in [0.25, 0.3) is 23.4 Å². The standard InChI is InChI=1S/C18H8N2O6/c21-13(7-3-1-5-9-11(7)15(23)17(25)19-9)14(22)8-4-2-6-10-12(8)16(24)18(26)20-10/h1-6H,(H,19,23,25)(H,20,24,26). The highest BCUT2D eigenvalue weighted by molar-refractivity contribution is 6.59. The van der Waals surface area contributed by atoms with Crippen LogP contribution in [0.2, 0.25) is 0 Å². The van der Waals surface area contributed by atoms with Crippen molar-refractivity contribution >= 4 is 46.3 Å². The fourth-order valence-corrected chi connectivity index (χ4v) is 3.01. The monoisotopic (exact) mass is 348 g/mol. The summed E-state index contributed by atoms with van der Waals surface area (Å²) in [6.45, 7) is 0. The van der Waals surface area contributed by atoms with Crippen LogP contribution < -0.4 is 10.6 Å². The quantitative estimate of drug-likeness (QED) is 0.630. The van der Waals surface area contributed by atoms with E-state index in [1.807, 2.05) is 0 Å². The first kappa shape index (κ1) is 15.6. The molecule has 8 nitrogen and oxygen atoms in total. The molecule has 0 bridgehead atoms. The van der Waals surface area contributed by atoms with Gasteiger partial charge in [-0.15, -0.1) is 0 Å². The third-order valence-corrected chi connectivity index (χ3v) is 4.19. The molecular formula is C18H8N2O6. The second kappa shape index (κ2) is 5.28. The highest BCUT2D eigenvalue weighted by Crippen LogP contribution is 2.30. The number of amides is 2. The smallest absolute Gasteiger partial charge is 0.296 e. The van der Waals surface area contributed by atoms with Gasteiger partial charge in [-0.25, -0.2) is 0 Å². The summed E-state index contributed by atoms with van der Waals surface area (Å²) < 4.78 is 0. The zero-order valence-corrected chi connectivity index (χ0v) is 12.9. The van der Waals surface area contributed by atoms with E-state index in [9.17, 15) is 28.8 Å². The Kier molecular flexibility index (Phi) is 3.16. The molecule has 26 heavy (non-hydrogen) atoms. The molecule has 0 saturated heterocycles. The number of ketones is 4. The van der Waals surface area contributed by atoms with Crippen LogP contribution in [-0.4, -0.2) is 34.9 Å². The van der Waals surface area contributed by atoms with E-state index in [-0.39, 0.29) is 33.6 Å². The van der Waals surface area contributed by atoms with E-state index in [1.165, 1.54) is 36.4 Å². The van der Waals surface area contributed by atoms with Crippen molar-refractivity contribution in [3.63, 3.8) is 0 Å². The number of carbonyl (C=O) groups excluding carboxylic acids is 6. The van der Waals surface area contributed by atoms with Crippen molar-refractivity contribution < 1.29 is 28.8 Å². The summed E-state index contributed by atoms with van der Waals surface area (Å²) in [4.78, 5) is 72.4. The molecule has 2 aromatic rings. The van der Waals surface area contributed by atoms with Crippen LogP contribution in [0.15, 0.2) is 36.4 Å². The molecule has 0 spiro atoms. The molecule has 2 heterocycles. The minimum Gasteiger partial charge on any atom is -0.318 e. The number of hydrogen-bond donors (Lipinski definition) is 2. The highest BCUT2D eigenvalue weighted by atomic mass is 16.2. The Morgan fingerprint density at radius 3 is 1.38 bits per heavy atom. The summed E-state index contributed by atoms with van der Waals surface area (Å²) >= 11 is 0.